The highest BCUT2D eigenvalue weighted by atomic mass is 16.5. The Bertz CT molecular complexity index is 1120. The topological polar surface area (TPSA) is 132 Å². The first kappa shape index (κ1) is 18.8. The molecule has 150 valence electrons. The van der Waals surface area contributed by atoms with Crippen molar-refractivity contribution in [3.8, 4) is 17.2 Å². The molecular formula is C21H23N5O3. The Hall–Kier alpha value is -3.52. The summed E-state index contributed by atoms with van der Waals surface area (Å²) >= 11 is 0. The van der Waals surface area contributed by atoms with Crippen molar-refractivity contribution in [1.29, 1.82) is 0 Å². The molecule has 29 heavy (non-hydrogen) atoms. The van der Waals surface area contributed by atoms with Crippen LogP contribution in [0.4, 0.5) is 5.69 Å². The van der Waals surface area contributed by atoms with Crippen LogP contribution in [0.3, 0.4) is 0 Å². The number of nitrogens with two attached hydrogens (primary N) is 3. The van der Waals surface area contributed by atoms with E-state index in [1.165, 1.54) is 0 Å². The first-order chi connectivity index (χ1) is 13.9. The molecule has 0 spiro atoms. The van der Waals surface area contributed by atoms with Crippen LogP contribution in [0.5, 0.6) is 17.2 Å². The third-order valence-electron chi connectivity index (χ3n) is 5.22. The largest absolute Gasteiger partial charge is 0.493 e. The van der Waals surface area contributed by atoms with Crippen molar-refractivity contribution >= 4 is 22.8 Å². The maximum atomic E-state index is 6.81. The number of rotatable bonds is 4. The lowest BCUT2D eigenvalue weighted by molar-refractivity contribution is 0.322. The van der Waals surface area contributed by atoms with Crippen molar-refractivity contribution in [2.45, 2.75) is 12.0 Å². The van der Waals surface area contributed by atoms with Crippen LogP contribution in [0.15, 0.2) is 36.0 Å². The van der Waals surface area contributed by atoms with E-state index in [-0.39, 0.29) is 0 Å². The lowest BCUT2D eigenvalue weighted by Gasteiger charge is -2.34. The SMILES string of the molecule is COc1cc(C2(N)Cc3nc4ccc(N)cc4nc3C=C2N)cc(OC)c1OC. The summed E-state index contributed by atoms with van der Waals surface area (Å²) in [6.07, 6.45) is 2.13. The molecule has 8 heteroatoms. The summed E-state index contributed by atoms with van der Waals surface area (Å²) in [6.45, 7) is 0. The molecule has 0 bridgehead atoms. The second kappa shape index (κ2) is 6.82. The minimum absolute atomic E-state index is 0.372. The van der Waals surface area contributed by atoms with Gasteiger partial charge in [-0.3, -0.25) is 0 Å². The van der Waals surface area contributed by atoms with Crippen molar-refractivity contribution in [3.63, 3.8) is 0 Å². The summed E-state index contributed by atoms with van der Waals surface area (Å²) in [5.74, 6) is 1.50. The zero-order chi connectivity index (χ0) is 20.8. The van der Waals surface area contributed by atoms with Gasteiger partial charge in [-0.25, -0.2) is 9.97 Å². The number of hydrogen-bond donors (Lipinski definition) is 3. The zero-order valence-corrected chi connectivity index (χ0v) is 16.5. The van der Waals surface area contributed by atoms with Gasteiger partial charge in [0.25, 0.3) is 0 Å². The maximum absolute atomic E-state index is 6.81. The monoisotopic (exact) mass is 393 g/mol. The minimum atomic E-state index is -1.00. The van der Waals surface area contributed by atoms with E-state index in [2.05, 4.69) is 4.98 Å². The van der Waals surface area contributed by atoms with Gasteiger partial charge in [0.2, 0.25) is 5.75 Å². The van der Waals surface area contributed by atoms with Crippen LogP contribution >= 0.6 is 0 Å². The van der Waals surface area contributed by atoms with Crippen LogP contribution in [0.1, 0.15) is 17.0 Å². The van der Waals surface area contributed by atoms with E-state index < -0.39 is 5.54 Å². The molecule has 1 unspecified atom stereocenters. The average Bonchev–Trinajstić information content (AvgIpc) is 2.72. The Labute approximate surface area is 168 Å². The molecule has 0 fully saturated rings. The highest BCUT2D eigenvalue weighted by Gasteiger charge is 2.37. The molecule has 3 aromatic rings. The Balaban J connectivity index is 1.86. The molecule has 0 aliphatic heterocycles. The zero-order valence-electron chi connectivity index (χ0n) is 16.5. The molecule has 2 aromatic carbocycles. The average molecular weight is 393 g/mol. The fourth-order valence-corrected chi connectivity index (χ4v) is 3.62. The van der Waals surface area contributed by atoms with Gasteiger partial charge in [-0.15, -0.1) is 0 Å². The summed E-state index contributed by atoms with van der Waals surface area (Å²) in [4.78, 5) is 9.40. The number of anilines is 1. The summed E-state index contributed by atoms with van der Waals surface area (Å²) in [5.41, 5.74) is 22.8. The minimum Gasteiger partial charge on any atom is -0.493 e. The van der Waals surface area contributed by atoms with E-state index in [0.29, 0.717) is 46.3 Å². The molecule has 1 aliphatic carbocycles. The van der Waals surface area contributed by atoms with Crippen LogP contribution in [-0.4, -0.2) is 31.3 Å². The Kier molecular flexibility index (Phi) is 4.43. The van der Waals surface area contributed by atoms with E-state index >= 15 is 0 Å². The van der Waals surface area contributed by atoms with E-state index in [0.717, 1.165) is 16.8 Å². The summed E-state index contributed by atoms with van der Waals surface area (Å²) in [6, 6.07) is 9.04. The predicted molar refractivity (Wildman–Crippen MR) is 112 cm³/mol. The lowest BCUT2D eigenvalue weighted by atomic mass is 9.79. The Morgan fingerprint density at radius 2 is 1.59 bits per heavy atom. The van der Waals surface area contributed by atoms with E-state index in [1.54, 1.807) is 39.5 Å². The number of benzene rings is 2. The van der Waals surface area contributed by atoms with Crippen molar-refractivity contribution in [1.82, 2.24) is 9.97 Å². The number of nitrogens with zero attached hydrogens (tertiary/aromatic N) is 2. The number of hydrogen-bond acceptors (Lipinski definition) is 8. The number of aromatic nitrogens is 2. The molecule has 1 heterocycles. The second-order valence-corrected chi connectivity index (χ2v) is 6.97. The van der Waals surface area contributed by atoms with Gasteiger partial charge in [0.05, 0.1) is 49.3 Å². The van der Waals surface area contributed by atoms with Crippen LogP contribution in [0.25, 0.3) is 17.1 Å². The number of ether oxygens (including phenoxy) is 3. The third-order valence-corrected chi connectivity index (χ3v) is 5.22. The van der Waals surface area contributed by atoms with Gasteiger partial charge >= 0.3 is 0 Å². The van der Waals surface area contributed by atoms with Crippen molar-refractivity contribution < 1.29 is 14.2 Å². The second-order valence-electron chi connectivity index (χ2n) is 6.97. The molecule has 4 rings (SSSR count). The van der Waals surface area contributed by atoms with Gasteiger partial charge in [0, 0.05) is 17.8 Å². The molecule has 0 amide bonds. The van der Waals surface area contributed by atoms with Gasteiger partial charge in [0.15, 0.2) is 11.5 Å². The molecule has 0 radical (unpaired) electrons. The van der Waals surface area contributed by atoms with Gasteiger partial charge < -0.3 is 31.4 Å². The quantitative estimate of drug-likeness (QED) is 0.573. The van der Waals surface area contributed by atoms with E-state index in [4.69, 9.17) is 36.4 Å². The molecule has 1 aromatic heterocycles. The number of nitrogen functional groups attached to an aromatic ring is 1. The van der Waals surface area contributed by atoms with Gasteiger partial charge in [0.1, 0.15) is 0 Å². The maximum Gasteiger partial charge on any atom is 0.203 e. The van der Waals surface area contributed by atoms with Crippen LogP contribution in [0.2, 0.25) is 0 Å². The first-order valence-electron chi connectivity index (χ1n) is 9.02. The smallest absolute Gasteiger partial charge is 0.203 e. The van der Waals surface area contributed by atoms with Gasteiger partial charge in [-0.2, -0.15) is 0 Å². The van der Waals surface area contributed by atoms with Gasteiger partial charge in [-0.1, -0.05) is 0 Å². The van der Waals surface area contributed by atoms with Crippen LogP contribution in [0, 0.1) is 0 Å². The summed E-state index contributed by atoms with van der Waals surface area (Å²) < 4.78 is 16.3. The number of fused-ring (bicyclic) bond motifs is 2. The van der Waals surface area contributed by atoms with Crippen molar-refractivity contribution in [3.05, 3.63) is 53.0 Å². The lowest BCUT2D eigenvalue weighted by Crippen LogP contribution is -2.46. The molecule has 1 aliphatic rings. The first-order valence-corrected chi connectivity index (χ1v) is 9.02. The predicted octanol–water partition coefficient (Wildman–Crippen LogP) is 1.95. The molecular weight excluding hydrogens is 370 g/mol. The normalized spacial score (nSPS) is 18.1. The fourth-order valence-electron chi connectivity index (χ4n) is 3.62. The molecule has 6 N–H and O–H groups in total. The highest BCUT2D eigenvalue weighted by Crippen LogP contribution is 2.43. The standard InChI is InChI=1S/C21H23N5O3/c1-27-17-6-11(7-18(28-2)20(17)29-3)21(24)10-16-15(9-19(21)23)26-14-8-12(22)4-5-13(14)25-16/h4-9H,10,22-24H2,1-3H3. The van der Waals surface area contributed by atoms with Gasteiger partial charge in [-0.05, 0) is 42.0 Å². The number of methoxy groups -OCH3 is 3. The highest BCUT2D eigenvalue weighted by molar-refractivity contribution is 5.80. The van der Waals surface area contributed by atoms with Crippen molar-refractivity contribution in [2.75, 3.05) is 27.1 Å². The molecule has 0 saturated heterocycles. The van der Waals surface area contributed by atoms with E-state index in [9.17, 15) is 0 Å². The van der Waals surface area contributed by atoms with Crippen molar-refractivity contribution in [2.24, 2.45) is 11.5 Å². The Morgan fingerprint density at radius 3 is 2.21 bits per heavy atom. The fraction of sp³-hybridized carbons (Fsp3) is 0.238. The summed E-state index contributed by atoms with van der Waals surface area (Å²) in [5, 5.41) is 0. The van der Waals surface area contributed by atoms with Crippen LogP contribution < -0.4 is 31.4 Å². The third kappa shape index (κ3) is 2.98. The molecule has 0 saturated carbocycles. The molecule has 8 nitrogen and oxygen atoms in total. The molecule has 1 atom stereocenters. The van der Waals surface area contributed by atoms with Crippen LogP contribution in [-0.2, 0) is 12.0 Å². The van der Waals surface area contributed by atoms with E-state index in [1.807, 2.05) is 18.2 Å². The summed E-state index contributed by atoms with van der Waals surface area (Å²) in [7, 11) is 4.67. The Morgan fingerprint density at radius 1 is 0.897 bits per heavy atom.